The van der Waals surface area contributed by atoms with Gasteiger partial charge in [-0.1, -0.05) is 37.3 Å². The lowest BCUT2D eigenvalue weighted by Crippen LogP contribution is -2.37. The summed E-state index contributed by atoms with van der Waals surface area (Å²) in [6.45, 7) is 7.29. The van der Waals surface area contributed by atoms with Crippen molar-refractivity contribution in [2.45, 2.75) is 45.9 Å². The molecular weight excluding hydrogens is 341 g/mol. The van der Waals surface area contributed by atoms with Gasteiger partial charge in [-0.15, -0.1) is 12.4 Å². The summed E-state index contributed by atoms with van der Waals surface area (Å²) in [6, 6.07) is 12.4. The summed E-state index contributed by atoms with van der Waals surface area (Å²) in [5.41, 5.74) is 1.55. The first-order valence-electron chi connectivity index (χ1n) is 8.24. The van der Waals surface area contributed by atoms with Crippen molar-refractivity contribution in [3.63, 3.8) is 0 Å². The van der Waals surface area contributed by atoms with E-state index in [0.29, 0.717) is 23.6 Å². The fourth-order valence-corrected chi connectivity index (χ4v) is 2.25. The van der Waals surface area contributed by atoms with Crippen molar-refractivity contribution in [2.24, 2.45) is 0 Å². The fraction of sp³-hybridized carbons (Fsp3) is 0.400. The Bertz CT molecular complexity index is 676. The van der Waals surface area contributed by atoms with Crippen LogP contribution in [0.25, 0.3) is 0 Å². The molecule has 2 rings (SSSR count). The molecule has 0 spiro atoms. The molecule has 1 N–H and O–H groups in total. The zero-order chi connectivity index (χ0) is 17.6. The van der Waals surface area contributed by atoms with Crippen molar-refractivity contribution >= 4 is 12.4 Å². The van der Waals surface area contributed by atoms with Crippen LogP contribution in [-0.4, -0.2) is 12.6 Å². The van der Waals surface area contributed by atoms with Gasteiger partial charge in [0.1, 0.15) is 12.4 Å². The summed E-state index contributed by atoms with van der Waals surface area (Å²) in [6.07, 6.45) is 1.02. The van der Waals surface area contributed by atoms with Crippen LogP contribution in [0, 0.1) is 5.82 Å². The fourth-order valence-electron chi connectivity index (χ4n) is 2.25. The quantitative estimate of drug-likeness (QED) is 0.703. The molecular formula is C20H27ClFNO2. The first kappa shape index (κ1) is 21.3. The van der Waals surface area contributed by atoms with E-state index in [0.717, 1.165) is 12.0 Å². The lowest BCUT2D eigenvalue weighted by Gasteiger charge is -2.25. The standard InChI is InChI=1S/C20H26FNO2.ClH/c1-5-20(2,3)22-13-15-10-8-12-18(23-4)19(15)24-14-16-9-6-7-11-17(16)21;/h6-12,22H,5,13-14H2,1-4H3;1H. The van der Waals surface area contributed by atoms with Gasteiger partial charge in [0.05, 0.1) is 7.11 Å². The number of hydrogen-bond donors (Lipinski definition) is 1. The molecule has 3 nitrogen and oxygen atoms in total. The minimum absolute atomic E-state index is 0. The summed E-state index contributed by atoms with van der Waals surface area (Å²) in [5.74, 6) is 1.04. The van der Waals surface area contributed by atoms with E-state index in [4.69, 9.17) is 9.47 Å². The first-order valence-corrected chi connectivity index (χ1v) is 8.24. The van der Waals surface area contributed by atoms with Crippen LogP contribution in [0.2, 0.25) is 0 Å². The molecule has 0 fully saturated rings. The Hall–Kier alpha value is -1.78. The molecule has 0 aromatic heterocycles. The second kappa shape index (κ2) is 9.64. The van der Waals surface area contributed by atoms with Gasteiger partial charge in [0, 0.05) is 23.2 Å². The normalized spacial score (nSPS) is 10.9. The largest absolute Gasteiger partial charge is 0.493 e. The third-order valence-electron chi connectivity index (χ3n) is 4.25. The number of halogens is 2. The predicted molar refractivity (Wildman–Crippen MR) is 102 cm³/mol. The lowest BCUT2D eigenvalue weighted by atomic mass is 10.0. The number of benzene rings is 2. The number of nitrogens with one attached hydrogen (secondary N) is 1. The number of hydrogen-bond acceptors (Lipinski definition) is 3. The Morgan fingerprint density at radius 1 is 1.04 bits per heavy atom. The highest BCUT2D eigenvalue weighted by Gasteiger charge is 2.17. The van der Waals surface area contributed by atoms with Gasteiger partial charge < -0.3 is 14.8 Å². The van der Waals surface area contributed by atoms with Gasteiger partial charge in [0.15, 0.2) is 11.5 Å². The highest BCUT2D eigenvalue weighted by atomic mass is 35.5. The number of ether oxygens (including phenoxy) is 2. The second-order valence-corrected chi connectivity index (χ2v) is 6.42. The van der Waals surface area contributed by atoms with Gasteiger partial charge >= 0.3 is 0 Å². The Morgan fingerprint density at radius 3 is 2.36 bits per heavy atom. The SMILES string of the molecule is CCC(C)(C)NCc1cccc(OC)c1OCc1ccccc1F.Cl. The van der Waals surface area contributed by atoms with Gasteiger partial charge in [-0.2, -0.15) is 0 Å². The number of rotatable bonds is 8. The number of methoxy groups -OCH3 is 1. The third kappa shape index (κ3) is 5.91. The van der Waals surface area contributed by atoms with Gasteiger partial charge in [-0.3, -0.25) is 0 Å². The van der Waals surface area contributed by atoms with Crippen molar-refractivity contribution < 1.29 is 13.9 Å². The minimum Gasteiger partial charge on any atom is -0.493 e. The molecule has 2 aromatic rings. The van der Waals surface area contributed by atoms with Gasteiger partial charge in [-0.25, -0.2) is 4.39 Å². The van der Waals surface area contributed by atoms with E-state index >= 15 is 0 Å². The predicted octanol–water partition coefficient (Wildman–Crippen LogP) is 5.11. The molecule has 0 aliphatic heterocycles. The average Bonchev–Trinajstić information content (AvgIpc) is 2.59. The Labute approximate surface area is 156 Å². The summed E-state index contributed by atoms with van der Waals surface area (Å²) in [7, 11) is 1.61. The topological polar surface area (TPSA) is 30.5 Å². The third-order valence-corrected chi connectivity index (χ3v) is 4.25. The summed E-state index contributed by atoms with van der Waals surface area (Å²) >= 11 is 0. The van der Waals surface area contributed by atoms with Crippen LogP contribution in [0.3, 0.4) is 0 Å². The minimum atomic E-state index is -0.265. The molecule has 2 aromatic carbocycles. The molecule has 0 radical (unpaired) electrons. The van der Waals surface area contributed by atoms with Crippen molar-refractivity contribution in [1.82, 2.24) is 5.32 Å². The Balaban J connectivity index is 0.00000312. The van der Waals surface area contributed by atoms with Crippen LogP contribution in [0.4, 0.5) is 4.39 Å². The summed E-state index contributed by atoms with van der Waals surface area (Å²) in [5, 5.41) is 3.52. The van der Waals surface area contributed by atoms with Crippen LogP contribution >= 0.6 is 12.4 Å². The molecule has 5 heteroatoms. The van der Waals surface area contributed by atoms with Crippen molar-refractivity contribution in [2.75, 3.05) is 7.11 Å². The molecule has 25 heavy (non-hydrogen) atoms. The highest BCUT2D eigenvalue weighted by molar-refractivity contribution is 5.85. The van der Waals surface area contributed by atoms with Crippen molar-refractivity contribution in [3.05, 3.63) is 59.4 Å². The monoisotopic (exact) mass is 367 g/mol. The second-order valence-electron chi connectivity index (χ2n) is 6.42. The van der Waals surface area contributed by atoms with E-state index in [9.17, 15) is 4.39 Å². The molecule has 0 aliphatic carbocycles. The molecule has 0 amide bonds. The lowest BCUT2D eigenvalue weighted by molar-refractivity contribution is 0.273. The van der Waals surface area contributed by atoms with E-state index in [2.05, 4.69) is 26.1 Å². The first-order chi connectivity index (χ1) is 11.5. The highest BCUT2D eigenvalue weighted by Crippen LogP contribution is 2.32. The molecule has 0 saturated carbocycles. The van der Waals surface area contributed by atoms with Gasteiger partial charge in [0.25, 0.3) is 0 Å². The van der Waals surface area contributed by atoms with E-state index in [-0.39, 0.29) is 30.4 Å². The van der Waals surface area contributed by atoms with E-state index in [1.807, 2.05) is 18.2 Å². The number of para-hydroxylation sites is 1. The molecule has 0 aliphatic rings. The van der Waals surface area contributed by atoms with Gasteiger partial charge in [0.2, 0.25) is 0 Å². The van der Waals surface area contributed by atoms with Crippen LogP contribution in [-0.2, 0) is 13.2 Å². The molecule has 0 heterocycles. The van der Waals surface area contributed by atoms with Crippen LogP contribution in [0.1, 0.15) is 38.3 Å². The van der Waals surface area contributed by atoms with E-state index < -0.39 is 0 Å². The van der Waals surface area contributed by atoms with Gasteiger partial charge in [-0.05, 0) is 32.4 Å². The summed E-state index contributed by atoms with van der Waals surface area (Å²) in [4.78, 5) is 0. The maximum atomic E-state index is 13.8. The summed E-state index contributed by atoms with van der Waals surface area (Å²) < 4.78 is 25.1. The molecule has 0 bridgehead atoms. The molecule has 138 valence electrons. The Morgan fingerprint density at radius 2 is 1.72 bits per heavy atom. The molecule has 0 unspecified atom stereocenters. The van der Waals surface area contributed by atoms with Crippen molar-refractivity contribution in [3.8, 4) is 11.5 Å². The van der Waals surface area contributed by atoms with Crippen LogP contribution < -0.4 is 14.8 Å². The van der Waals surface area contributed by atoms with E-state index in [1.54, 1.807) is 25.3 Å². The Kier molecular flexibility index (Phi) is 8.20. The van der Waals surface area contributed by atoms with Crippen LogP contribution in [0.5, 0.6) is 11.5 Å². The van der Waals surface area contributed by atoms with E-state index in [1.165, 1.54) is 6.07 Å². The average molecular weight is 368 g/mol. The molecule has 0 atom stereocenters. The molecule has 0 saturated heterocycles. The maximum absolute atomic E-state index is 13.8. The van der Waals surface area contributed by atoms with Crippen LogP contribution in [0.15, 0.2) is 42.5 Å². The maximum Gasteiger partial charge on any atom is 0.166 e. The smallest absolute Gasteiger partial charge is 0.166 e. The zero-order valence-corrected chi connectivity index (χ0v) is 16.1. The van der Waals surface area contributed by atoms with Crippen molar-refractivity contribution in [1.29, 1.82) is 0 Å². The zero-order valence-electron chi connectivity index (χ0n) is 15.3.